The molecule has 0 unspecified atom stereocenters. The highest BCUT2D eigenvalue weighted by atomic mass is 15.1. The van der Waals surface area contributed by atoms with Crippen molar-refractivity contribution in [2.24, 2.45) is 0 Å². The van der Waals surface area contributed by atoms with Crippen molar-refractivity contribution in [1.29, 1.82) is 0 Å². The molecule has 1 heteroatoms. The second-order valence-corrected chi connectivity index (χ2v) is 16.8. The van der Waals surface area contributed by atoms with Crippen molar-refractivity contribution in [2.45, 2.75) is 0 Å². The molecule has 0 aliphatic carbocycles. The monoisotopic (exact) mass is 825 g/mol. The Bertz CT molecular complexity index is 3670. The van der Waals surface area contributed by atoms with Gasteiger partial charge in [0.1, 0.15) is 0 Å². The van der Waals surface area contributed by atoms with Gasteiger partial charge in [-0.05, 0) is 130 Å². The van der Waals surface area contributed by atoms with Gasteiger partial charge in [0, 0.05) is 16.9 Å². The molecule has 12 aromatic carbocycles. The maximum atomic E-state index is 2.45. The molecule has 0 aromatic heterocycles. The Morgan fingerprint density at radius 2 is 0.631 bits per heavy atom. The zero-order valence-corrected chi connectivity index (χ0v) is 35.8. The standard InChI is InChI=1S/C64H43N/c1-2-14-44(15-3-1)45-28-30-46(31-29-45)47-32-37-53(38-33-47)65(54-39-34-50(35-40-54)63-42-51-18-6-9-23-58(51)59-24-10-11-25-61(59)63)64-43-52(57-26-12-19-48-16-4-7-21-55(48)57)36-41-62(64)60-27-13-20-49-17-5-8-22-56(49)60/h1-43H. The van der Waals surface area contributed by atoms with Gasteiger partial charge in [-0.1, -0.05) is 224 Å². The molecule has 0 saturated heterocycles. The Morgan fingerprint density at radius 3 is 1.26 bits per heavy atom. The average Bonchev–Trinajstić information content (AvgIpc) is 3.39. The highest BCUT2D eigenvalue weighted by Gasteiger charge is 2.21. The number of nitrogens with zero attached hydrogens (tertiary/aromatic N) is 1. The maximum Gasteiger partial charge on any atom is 0.0546 e. The summed E-state index contributed by atoms with van der Waals surface area (Å²) < 4.78 is 0. The molecule has 0 radical (unpaired) electrons. The second-order valence-electron chi connectivity index (χ2n) is 16.8. The minimum absolute atomic E-state index is 1.08. The molecule has 1 nitrogen and oxygen atoms in total. The number of rotatable bonds is 8. The maximum absolute atomic E-state index is 2.45. The second kappa shape index (κ2) is 16.3. The summed E-state index contributed by atoms with van der Waals surface area (Å²) in [4.78, 5) is 2.45. The van der Waals surface area contributed by atoms with Crippen molar-refractivity contribution in [3.8, 4) is 55.6 Å². The van der Waals surface area contributed by atoms with E-state index in [2.05, 4.69) is 266 Å². The molecular weight excluding hydrogens is 783 g/mol. The van der Waals surface area contributed by atoms with Gasteiger partial charge in [0.05, 0.1) is 5.69 Å². The number of anilines is 3. The third-order valence-electron chi connectivity index (χ3n) is 13.1. The lowest BCUT2D eigenvalue weighted by molar-refractivity contribution is 1.28. The highest BCUT2D eigenvalue weighted by Crippen LogP contribution is 2.46. The van der Waals surface area contributed by atoms with E-state index in [1.165, 1.54) is 93.2 Å². The van der Waals surface area contributed by atoms with Crippen LogP contribution < -0.4 is 4.90 Å². The van der Waals surface area contributed by atoms with Gasteiger partial charge < -0.3 is 4.90 Å². The molecule has 0 spiro atoms. The summed E-state index contributed by atoms with van der Waals surface area (Å²) >= 11 is 0. The lowest BCUT2D eigenvalue weighted by atomic mass is 9.91. The quantitative estimate of drug-likeness (QED) is 0.138. The van der Waals surface area contributed by atoms with Crippen LogP contribution >= 0.6 is 0 Å². The first kappa shape index (κ1) is 38.2. The van der Waals surface area contributed by atoms with Gasteiger partial charge >= 0.3 is 0 Å². The van der Waals surface area contributed by atoms with Crippen LogP contribution in [0.3, 0.4) is 0 Å². The lowest BCUT2D eigenvalue weighted by Gasteiger charge is -2.29. The molecule has 0 saturated carbocycles. The van der Waals surface area contributed by atoms with Crippen LogP contribution in [0, 0.1) is 0 Å². The minimum Gasteiger partial charge on any atom is -0.310 e. The predicted molar refractivity (Wildman–Crippen MR) is 278 cm³/mol. The number of hydrogen-bond acceptors (Lipinski definition) is 1. The van der Waals surface area contributed by atoms with E-state index in [1.807, 2.05) is 0 Å². The molecule has 65 heavy (non-hydrogen) atoms. The summed E-state index contributed by atoms with van der Waals surface area (Å²) in [5, 5.41) is 9.95. The van der Waals surface area contributed by atoms with E-state index in [-0.39, 0.29) is 0 Å². The molecule has 0 N–H and O–H groups in total. The van der Waals surface area contributed by atoms with Crippen LogP contribution in [0.5, 0.6) is 0 Å². The fourth-order valence-electron chi connectivity index (χ4n) is 9.85. The van der Waals surface area contributed by atoms with Crippen LogP contribution in [-0.4, -0.2) is 0 Å². The van der Waals surface area contributed by atoms with E-state index in [1.54, 1.807) is 0 Å². The molecule has 0 aliphatic heterocycles. The van der Waals surface area contributed by atoms with Crippen molar-refractivity contribution in [2.75, 3.05) is 4.90 Å². The Labute approximate surface area is 379 Å². The normalized spacial score (nSPS) is 11.4. The predicted octanol–water partition coefficient (Wildman–Crippen LogP) is 18.1. The van der Waals surface area contributed by atoms with E-state index in [0.29, 0.717) is 0 Å². The Hall–Kier alpha value is -8.52. The van der Waals surface area contributed by atoms with Crippen molar-refractivity contribution in [1.82, 2.24) is 0 Å². The SMILES string of the molecule is c1ccc(-c2ccc(-c3ccc(N(c4ccc(-c5cc6ccccc6c6ccccc56)cc4)c4cc(-c5cccc6ccccc56)ccc4-c4cccc5ccccc45)cc3)cc2)cc1. The molecule has 0 bridgehead atoms. The smallest absolute Gasteiger partial charge is 0.0546 e. The van der Waals surface area contributed by atoms with Crippen LogP contribution in [0.25, 0.3) is 98.7 Å². The fraction of sp³-hybridized carbons (Fsp3) is 0. The first-order valence-electron chi connectivity index (χ1n) is 22.4. The summed E-state index contributed by atoms with van der Waals surface area (Å²) in [6.07, 6.45) is 0. The van der Waals surface area contributed by atoms with Gasteiger partial charge in [0.15, 0.2) is 0 Å². The summed E-state index contributed by atoms with van der Waals surface area (Å²) in [5.74, 6) is 0. The first-order chi connectivity index (χ1) is 32.2. The van der Waals surface area contributed by atoms with Gasteiger partial charge in [-0.25, -0.2) is 0 Å². The van der Waals surface area contributed by atoms with E-state index >= 15 is 0 Å². The van der Waals surface area contributed by atoms with Gasteiger partial charge in [-0.2, -0.15) is 0 Å². The summed E-state index contributed by atoms with van der Waals surface area (Å²) in [6.45, 7) is 0. The molecule has 12 rings (SSSR count). The summed E-state index contributed by atoms with van der Waals surface area (Å²) in [5.41, 5.74) is 15.2. The zero-order valence-electron chi connectivity index (χ0n) is 35.8. The topological polar surface area (TPSA) is 3.24 Å². The van der Waals surface area contributed by atoms with Crippen molar-refractivity contribution >= 4 is 60.2 Å². The van der Waals surface area contributed by atoms with Crippen molar-refractivity contribution < 1.29 is 0 Å². The van der Waals surface area contributed by atoms with E-state index < -0.39 is 0 Å². The van der Waals surface area contributed by atoms with Crippen molar-refractivity contribution in [3.05, 3.63) is 261 Å². The molecule has 0 atom stereocenters. The van der Waals surface area contributed by atoms with Crippen LogP contribution in [-0.2, 0) is 0 Å². The number of benzene rings is 12. The minimum atomic E-state index is 1.08. The Balaban J connectivity index is 1.05. The van der Waals surface area contributed by atoms with Gasteiger partial charge in [-0.3, -0.25) is 0 Å². The molecule has 304 valence electrons. The third-order valence-corrected chi connectivity index (χ3v) is 13.1. The molecule has 0 amide bonds. The summed E-state index contributed by atoms with van der Waals surface area (Å²) in [6, 6.07) is 95.4. The van der Waals surface area contributed by atoms with Crippen molar-refractivity contribution in [3.63, 3.8) is 0 Å². The largest absolute Gasteiger partial charge is 0.310 e. The summed E-state index contributed by atoms with van der Waals surface area (Å²) in [7, 11) is 0. The number of hydrogen-bond donors (Lipinski definition) is 0. The number of fused-ring (bicyclic) bond motifs is 5. The highest BCUT2D eigenvalue weighted by molar-refractivity contribution is 6.14. The molecule has 0 fully saturated rings. The Kier molecular flexibility index (Phi) is 9.58. The molecule has 0 aliphatic rings. The fourth-order valence-corrected chi connectivity index (χ4v) is 9.85. The van der Waals surface area contributed by atoms with Crippen LogP contribution in [0.2, 0.25) is 0 Å². The molecular formula is C64H43N. The van der Waals surface area contributed by atoms with E-state index in [9.17, 15) is 0 Å². The van der Waals surface area contributed by atoms with Crippen LogP contribution in [0.15, 0.2) is 261 Å². The zero-order chi connectivity index (χ0) is 43.1. The first-order valence-corrected chi connectivity index (χ1v) is 22.4. The van der Waals surface area contributed by atoms with Gasteiger partial charge in [0.25, 0.3) is 0 Å². The van der Waals surface area contributed by atoms with Crippen LogP contribution in [0.4, 0.5) is 17.1 Å². The lowest BCUT2D eigenvalue weighted by Crippen LogP contribution is -2.11. The molecule has 0 heterocycles. The Morgan fingerprint density at radius 1 is 0.200 bits per heavy atom. The van der Waals surface area contributed by atoms with Gasteiger partial charge in [0.2, 0.25) is 0 Å². The average molecular weight is 826 g/mol. The van der Waals surface area contributed by atoms with Gasteiger partial charge in [-0.15, -0.1) is 0 Å². The van der Waals surface area contributed by atoms with E-state index in [4.69, 9.17) is 0 Å². The molecule has 12 aromatic rings. The third kappa shape index (κ3) is 7.01. The van der Waals surface area contributed by atoms with E-state index in [0.717, 1.165) is 22.6 Å². The van der Waals surface area contributed by atoms with Crippen LogP contribution in [0.1, 0.15) is 0 Å².